The Bertz CT molecular complexity index is 215. The van der Waals surface area contributed by atoms with E-state index in [4.69, 9.17) is 5.11 Å². The summed E-state index contributed by atoms with van der Waals surface area (Å²) in [5, 5.41) is 12.3. The van der Waals surface area contributed by atoms with Crippen LogP contribution in [0, 0.1) is 0 Å². The molecule has 0 saturated heterocycles. The summed E-state index contributed by atoms with van der Waals surface area (Å²) in [4.78, 5) is 13.4. The highest BCUT2D eigenvalue weighted by Gasteiger charge is 2.29. The van der Waals surface area contributed by atoms with Gasteiger partial charge >= 0.3 is 0 Å². The fourth-order valence-electron chi connectivity index (χ4n) is 1.65. The Morgan fingerprint density at radius 1 is 1.53 bits per heavy atom. The molecule has 15 heavy (non-hydrogen) atoms. The molecule has 0 radical (unpaired) electrons. The number of nitrogens with zero attached hydrogens (tertiary/aromatic N) is 1. The minimum absolute atomic E-state index is 0.148. The molecule has 0 aromatic heterocycles. The molecule has 0 spiro atoms. The van der Waals surface area contributed by atoms with Crippen molar-refractivity contribution < 1.29 is 9.90 Å². The molecule has 1 rings (SSSR count). The van der Waals surface area contributed by atoms with E-state index < -0.39 is 0 Å². The van der Waals surface area contributed by atoms with Gasteiger partial charge in [0, 0.05) is 19.1 Å². The van der Waals surface area contributed by atoms with Gasteiger partial charge < -0.3 is 15.3 Å². The van der Waals surface area contributed by atoms with Gasteiger partial charge in [-0.05, 0) is 33.1 Å². The number of carbonyl (C=O) groups excluding carboxylic acids is 1. The number of rotatable bonds is 6. The lowest BCUT2D eigenvalue weighted by atomic mass is 10.1. The first kappa shape index (κ1) is 12.5. The van der Waals surface area contributed by atoms with Crippen LogP contribution >= 0.6 is 0 Å². The van der Waals surface area contributed by atoms with Crippen LogP contribution in [0.25, 0.3) is 0 Å². The Balaban J connectivity index is 2.15. The van der Waals surface area contributed by atoms with E-state index in [2.05, 4.69) is 5.32 Å². The third-order valence-corrected chi connectivity index (χ3v) is 2.78. The van der Waals surface area contributed by atoms with E-state index in [1.165, 1.54) is 0 Å². The van der Waals surface area contributed by atoms with E-state index in [0.29, 0.717) is 19.0 Å². The van der Waals surface area contributed by atoms with Crippen LogP contribution in [0.5, 0.6) is 0 Å². The molecule has 88 valence electrons. The molecule has 1 saturated carbocycles. The molecule has 2 atom stereocenters. The first-order valence-corrected chi connectivity index (χ1v) is 5.67. The maximum atomic E-state index is 11.6. The van der Waals surface area contributed by atoms with E-state index in [0.717, 1.165) is 12.8 Å². The standard InChI is InChI=1S/C11H22N2O2/c1-8(6-9(2)14)12-7-11(15)13(3)10-4-5-10/h8-10,12,14H,4-7H2,1-3H3. The molecule has 0 aromatic rings. The summed E-state index contributed by atoms with van der Waals surface area (Å²) in [6, 6.07) is 0.660. The first-order chi connectivity index (χ1) is 7.00. The minimum Gasteiger partial charge on any atom is -0.393 e. The summed E-state index contributed by atoms with van der Waals surface area (Å²) in [5.74, 6) is 0.148. The molecule has 1 fully saturated rings. The van der Waals surface area contributed by atoms with Crippen LogP contribution < -0.4 is 5.32 Å². The van der Waals surface area contributed by atoms with E-state index in [1.54, 1.807) is 6.92 Å². The smallest absolute Gasteiger partial charge is 0.236 e. The zero-order chi connectivity index (χ0) is 11.4. The topological polar surface area (TPSA) is 52.6 Å². The number of hydrogen-bond donors (Lipinski definition) is 2. The Morgan fingerprint density at radius 2 is 2.13 bits per heavy atom. The monoisotopic (exact) mass is 214 g/mol. The highest BCUT2D eigenvalue weighted by atomic mass is 16.3. The normalized spacial score (nSPS) is 19.7. The Hall–Kier alpha value is -0.610. The average Bonchev–Trinajstić information content (AvgIpc) is 2.95. The van der Waals surface area contributed by atoms with Crippen LogP contribution in [0.4, 0.5) is 0 Å². The number of likely N-dealkylation sites (N-methyl/N-ethyl adjacent to an activating group) is 1. The van der Waals surface area contributed by atoms with E-state index >= 15 is 0 Å². The van der Waals surface area contributed by atoms with Crippen LogP contribution in [0.15, 0.2) is 0 Å². The second kappa shape index (κ2) is 5.47. The molecule has 1 aliphatic carbocycles. The fraction of sp³-hybridized carbons (Fsp3) is 0.909. The molecule has 4 nitrogen and oxygen atoms in total. The highest BCUT2D eigenvalue weighted by molar-refractivity contribution is 5.78. The molecule has 0 heterocycles. The molecule has 2 N–H and O–H groups in total. The van der Waals surface area contributed by atoms with Crippen molar-refractivity contribution >= 4 is 5.91 Å². The molecule has 2 unspecified atom stereocenters. The number of nitrogens with one attached hydrogen (secondary N) is 1. The summed E-state index contributed by atoms with van der Waals surface area (Å²) in [6.07, 6.45) is 2.65. The largest absolute Gasteiger partial charge is 0.393 e. The fourth-order valence-corrected chi connectivity index (χ4v) is 1.65. The van der Waals surface area contributed by atoms with Crippen LogP contribution in [0.2, 0.25) is 0 Å². The van der Waals surface area contributed by atoms with Gasteiger partial charge in [0.1, 0.15) is 0 Å². The first-order valence-electron chi connectivity index (χ1n) is 5.67. The van der Waals surface area contributed by atoms with E-state index in [-0.39, 0.29) is 18.1 Å². The van der Waals surface area contributed by atoms with Crippen molar-refractivity contribution in [1.29, 1.82) is 0 Å². The van der Waals surface area contributed by atoms with Gasteiger partial charge in [0.05, 0.1) is 12.6 Å². The Labute approximate surface area is 91.6 Å². The van der Waals surface area contributed by atoms with Gasteiger partial charge in [-0.25, -0.2) is 0 Å². The van der Waals surface area contributed by atoms with Gasteiger partial charge in [-0.2, -0.15) is 0 Å². The number of aliphatic hydroxyl groups is 1. The van der Waals surface area contributed by atoms with Crippen LogP contribution in [0.3, 0.4) is 0 Å². The van der Waals surface area contributed by atoms with Crippen LogP contribution in [-0.2, 0) is 4.79 Å². The second-order valence-corrected chi connectivity index (χ2v) is 4.60. The number of amides is 1. The lowest BCUT2D eigenvalue weighted by molar-refractivity contribution is -0.129. The Kier molecular flexibility index (Phi) is 4.54. The Morgan fingerprint density at radius 3 is 2.60 bits per heavy atom. The molecule has 0 aliphatic heterocycles. The second-order valence-electron chi connectivity index (χ2n) is 4.60. The molecule has 0 bridgehead atoms. The van der Waals surface area contributed by atoms with Crippen molar-refractivity contribution in [1.82, 2.24) is 10.2 Å². The molecule has 0 aromatic carbocycles. The number of aliphatic hydroxyl groups excluding tert-OH is 1. The van der Waals surface area contributed by atoms with Gasteiger partial charge in [0.15, 0.2) is 0 Å². The zero-order valence-electron chi connectivity index (χ0n) is 9.86. The van der Waals surface area contributed by atoms with Crippen molar-refractivity contribution in [3.8, 4) is 0 Å². The summed E-state index contributed by atoms with van der Waals surface area (Å²) >= 11 is 0. The van der Waals surface area contributed by atoms with E-state index in [9.17, 15) is 4.79 Å². The third kappa shape index (κ3) is 4.62. The lowest BCUT2D eigenvalue weighted by Crippen LogP contribution is -2.40. The summed E-state index contributed by atoms with van der Waals surface area (Å²) < 4.78 is 0. The van der Waals surface area contributed by atoms with Crippen molar-refractivity contribution in [2.45, 2.75) is 51.3 Å². The summed E-state index contributed by atoms with van der Waals surface area (Å²) in [5.41, 5.74) is 0. The predicted molar refractivity (Wildman–Crippen MR) is 59.6 cm³/mol. The molecular weight excluding hydrogens is 192 g/mol. The highest BCUT2D eigenvalue weighted by Crippen LogP contribution is 2.25. The van der Waals surface area contributed by atoms with Gasteiger partial charge in [0.25, 0.3) is 0 Å². The number of carbonyl (C=O) groups is 1. The van der Waals surface area contributed by atoms with Gasteiger partial charge in [-0.15, -0.1) is 0 Å². The zero-order valence-corrected chi connectivity index (χ0v) is 9.86. The van der Waals surface area contributed by atoms with E-state index in [1.807, 2.05) is 18.9 Å². The van der Waals surface area contributed by atoms with Crippen molar-refractivity contribution in [3.63, 3.8) is 0 Å². The van der Waals surface area contributed by atoms with Crippen LogP contribution in [0.1, 0.15) is 33.1 Å². The average molecular weight is 214 g/mol. The number of hydrogen-bond acceptors (Lipinski definition) is 3. The lowest BCUT2D eigenvalue weighted by Gasteiger charge is -2.19. The molecule has 1 amide bonds. The minimum atomic E-state index is -0.316. The van der Waals surface area contributed by atoms with Gasteiger partial charge in [-0.1, -0.05) is 0 Å². The van der Waals surface area contributed by atoms with Gasteiger partial charge in [0.2, 0.25) is 5.91 Å². The maximum Gasteiger partial charge on any atom is 0.236 e. The summed E-state index contributed by atoms with van der Waals surface area (Å²) in [7, 11) is 1.86. The SMILES string of the molecule is CC(O)CC(C)NCC(=O)N(C)C1CC1. The molecule has 1 aliphatic rings. The van der Waals surface area contributed by atoms with Crippen molar-refractivity contribution in [2.24, 2.45) is 0 Å². The predicted octanol–water partition coefficient (Wildman–Crippen LogP) is 0.356. The van der Waals surface area contributed by atoms with Crippen molar-refractivity contribution in [3.05, 3.63) is 0 Å². The third-order valence-electron chi connectivity index (χ3n) is 2.78. The van der Waals surface area contributed by atoms with Gasteiger partial charge in [-0.3, -0.25) is 4.79 Å². The summed E-state index contributed by atoms with van der Waals surface area (Å²) in [6.45, 7) is 4.12. The molecule has 4 heteroatoms. The molecular formula is C11H22N2O2. The quantitative estimate of drug-likeness (QED) is 0.671. The van der Waals surface area contributed by atoms with Crippen molar-refractivity contribution in [2.75, 3.05) is 13.6 Å². The maximum absolute atomic E-state index is 11.6. The van der Waals surface area contributed by atoms with Crippen LogP contribution in [-0.4, -0.2) is 47.7 Å².